The van der Waals surface area contributed by atoms with Crippen molar-refractivity contribution in [1.29, 1.82) is 0 Å². The fourth-order valence-electron chi connectivity index (χ4n) is 3.00. The molecule has 1 heterocycles. The van der Waals surface area contributed by atoms with E-state index in [0.717, 1.165) is 30.3 Å². The van der Waals surface area contributed by atoms with Crippen LogP contribution < -0.4 is 16.2 Å². The summed E-state index contributed by atoms with van der Waals surface area (Å²) in [4.78, 5) is 51.6. The molecule has 142 valence electrons. The number of imide groups is 1. The van der Waals surface area contributed by atoms with Gasteiger partial charge in [-0.3, -0.25) is 24.3 Å². The van der Waals surface area contributed by atoms with Crippen LogP contribution in [0.5, 0.6) is 0 Å². The third-order valence-electron chi connectivity index (χ3n) is 4.34. The average Bonchev–Trinajstić information content (AvgIpc) is 3.15. The predicted molar refractivity (Wildman–Crippen MR) is 95.9 cm³/mol. The summed E-state index contributed by atoms with van der Waals surface area (Å²) < 4.78 is 5.93. The first-order valence-corrected chi connectivity index (χ1v) is 8.73. The van der Waals surface area contributed by atoms with Gasteiger partial charge in [0.25, 0.3) is 11.5 Å². The fourth-order valence-corrected chi connectivity index (χ4v) is 3.00. The summed E-state index contributed by atoms with van der Waals surface area (Å²) in [5, 5.41) is 5.19. The van der Waals surface area contributed by atoms with Crippen molar-refractivity contribution >= 4 is 28.8 Å². The van der Waals surface area contributed by atoms with E-state index in [9.17, 15) is 19.2 Å². The Morgan fingerprint density at radius 3 is 2.70 bits per heavy atom. The van der Waals surface area contributed by atoms with Gasteiger partial charge in [0.2, 0.25) is 0 Å². The van der Waals surface area contributed by atoms with Crippen molar-refractivity contribution in [2.45, 2.75) is 38.3 Å². The van der Waals surface area contributed by atoms with Gasteiger partial charge in [-0.25, -0.2) is 9.78 Å². The monoisotopic (exact) mass is 372 g/mol. The molecular formula is C18H20N4O5. The number of nitrogens with one attached hydrogen (secondary N) is 2. The molecule has 3 amide bonds. The van der Waals surface area contributed by atoms with Gasteiger partial charge in [0, 0.05) is 6.04 Å². The highest BCUT2D eigenvalue weighted by Gasteiger charge is 2.18. The van der Waals surface area contributed by atoms with Crippen molar-refractivity contribution in [3.8, 4) is 0 Å². The Kier molecular flexibility index (Phi) is 5.80. The van der Waals surface area contributed by atoms with Crippen molar-refractivity contribution in [3.63, 3.8) is 0 Å². The number of hydrogen-bond acceptors (Lipinski definition) is 6. The zero-order chi connectivity index (χ0) is 19.2. The normalized spacial score (nSPS) is 14.1. The molecule has 9 nitrogen and oxygen atoms in total. The summed E-state index contributed by atoms with van der Waals surface area (Å²) in [6, 6.07) is 6.25. The van der Waals surface area contributed by atoms with Crippen LogP contribution in [0.4, 0.5) is 4.79 Å². The highest BCUT2D eigenvalue weighted by molar-refractivity contribution is 5.95. The second-order valence-electron chi connectivity index (χ2n) is 6.36. The molecule has 0 aliphatic heterocycles. The smallest absolute Gasteiger partial charge is 0.326 e. The van der Waals surface area contributed by atoms with Crippen LogP contribution in [0.2, 0.25) is 0 Å². The predicted octanol–water partition coefficient (Wildman–Crippen LogP) is 0.708. The summed E-state index contributed by atoms with van der Waals surface area (Å²) in [6.45, 7) is -0.981. The van der Waals surface area contributed by atoms with Crippen LogP contribution >= 0.6 is 0 Å². The number of carbonyl (C=O) groups is 3. The summed E-state index contributed by atoms with van der Waals surface area (Å²) in [7, 11) is 0. The highest BCUT2D eigenvalue weighted by Crippen LogP contribution is 2.17. The molecule has 0 atom stereocenters. The van der Waals surface area contributed by atoms with Gasteiger partial charge in [0.15, 0.2) is 6.61 Å². The first-order valence-electron chi connectivity index (χ1n) is 8.73. The molecule has 1 aromatic carbocycles. The maximum absolute atomic E-state index is 12.3. The lowest BCUT2D eigenvalue weighted by molar-refractivity contribution is -0.148. The molecule has 1 fully saturated rings. The number of amides is 3. The Morgan fingerprint density at radius 2 is 1.93 bits per heavy atom. The highest BCUT2D eigenvalue weighted by atomic mass is 16.5. The maximum atomic E-state index is 12.3. The largest absolute Gasteiger partial charge is 0.454 e. The number of urea groups is 1. The molecule has 2 N–H and O–H groups in total. The molecule has 0 radical (unpaired) electrons. The third-order valence-corrected chi connectivity index (χ3v) is 4.34. The lowest BCUT2D eigenvalue weighted by Crippen LogP contribution is -2.45. The van der Waals surface area contributed by atoms with E-state index >= 15 is 0 Å². The Balaban J connectivity index is 1.48. The summed E-state index contributed by atoms with van der Waals surface area (Å²) in [5.74, 6) is -1.51. The van der Waals surface area contributed by atoms with Gasteiger partial charge in [0.05, 0.1) is 17.2 Å². The van der Waals surface area contributed by atoms with Crippen molar-refractivity contribution in [3.05, 3.63) is 40.9 Å². The lowest BCUT2D eigenvalue weighted by atomic mass is 10.2. The summed E-state index contributed by atoms with van der Waals surface area (Å²) in [6.07, 6.45) is 5.15. The van der Waals surface area contributed by atoms with Crippen molar-refractivity contribution in [2.75, 3.05) is 6.61 Å². The molecule has 1 aromatic heterocycles. The minimum Gasteiger partial charge on any atom is -0.454 e. The number of esters is 1. The molecule has 1 aliphatic rings. The average molecular weight is 372 g/mol. The van der Waals surface area contributed by atoms with E-state index in [1.807, 2.05) is 0 Å². The quantitative estimate of drug-likeness (QED) is 0.746. The van der Waals surface area contributed by atoms with Crippen LogP contribution in [-0.2, 0) is 20.9 Å². The summed E-state index contributed by atoms with van der Waals surface area (Å²) >= 11 is 0. The number of para-hydroxylation sites is 1. The second-order valence-corrected chi connectivity index (χ2v) is 6.36. The Bertz CT molecular complexity index is 917. The molecule has 0 bridgehead atoms. The molecule has 2 aromatic rings. The molecule has 0 saturated heterocycles. The van der Waals surface area contributed by atoms with Crippen LogP contribution in [0, 0.1) is 0 Å². The first kappa shape index (κ1) is 18.6. The number of fused-ring (bicyclic) bond motifs is 1. The van der Waals surface area contributed by atoms with E-state index in [2.05, 4.69) is 15.6 Å². The Morgan fingerprint density at radius 1 is 1.19 bits per heavy atom. The maximum Gasteiger partial charge on any atom is 0.326 e. The summed E-state index contributed by atoms with van der Waals surface area (Å²) in [5.41, 5.74) is 0.151. The number of rotatable bonds is 5. The molecule has 9 heteroatoms. The lowest BCUT2D eigenvalue weighted by Gasteiger charge is -2.12. The van der Waals surface area contributed by atoms with Gasteiger partial charge < -0.3 is 10.1 Å². The van der Waals surface area contributed by atoms with E-state index < -0.39 is 24.5 Å². The second kappa shape index (κ2) is 8.43. The molecule has 3 rings (SSSR count). The number of nitrogens with zero attached hydrogens (tertiary/aromatic N) is 2. The van der Waals surface area contributed by atoms with Gasteiger partial charge in [-0.2, -0.15) is 0 Å². The molecule has 0 unspecified atom stereocenters. The zero-order valence-corrected chi connectivity index (χ0v) is 14.6. The number of benzene rings is 1. The fraction of sp³-hybridized carbons (Fsp3) is 0.389. The van der Waals surface area contributed by atoms with Gasteiger partial charge in [-0.1, -0.05) is 25.0 Å². The van der Waals surface area contributed by atoms with E-state index in [-0.39, 0.29) is 18.1 Å². The third kappa shape index (κ3) is 4.90. The number of carbonyl (C=O) groups excluding carboxylic acids is 3. The minimum absolute atomic E-state index is 0.0765. The molecular weight excluding hydrogens is 352 g/mol. The van der Waals surface area contributed by atoms with Crippen molar-refractivity contribution < 1.29 is 19.1 Å². The van der Waals surface area contributed by atoms with Crippen LogP contribution in [0.15, 0.2) is 35.4 Å². The zero-order valence-electron chi connectivity index (χ0n) is 14.6. The van der Waals surface area contributed by atoms with Crippen molar-refractivity contribution in [1.82, 2.24) is 20.2 Å². The topological polar surface area (TPSA) is 119 Å². The molecule has 27 heavy (non-hydrogen) atoms. The van der Waals surface area contributed by atoms with E-state index in [0.29, 0.717) is 10.9 Å². The van der Waals surface area contributed by atoms with Crippen LogP contribution in [0.1, 0.15) is 25.7 Å². The Labute approximate surface area is 154 Å². The minimum atomic E-state index is -0.777. The number of ether oxygens (including phenoxy) is 1. The van der Waals surface area contributed by atoms with Gasteiger partial charge >= 0.3 is 12.0 Å². The number of hydrogen-bond donors (Lipinski definition) is 2. The number of aromatic nitrogens is 2. The SMILES string of the molecule is O=C(COC(=O)Cn1cnc2ccccc2c1=O)NC(=O)NC1CCCC1. The standard InChI is InChI=1S/C18H20N4O5/c23-15(21-18(26)20-12-5-1-2-6-12)10-27-16(24)9-22-11-19-14-8-4-3-7-13(14)17(22)25/h3-4,7-8,11-12H,1-2,5-6,9-10H2,(H2,20,21,23,26). The first-order chi connectivity index (χ1) is 13.0. The molecule has 1 aliphatic carbocycles. The van der Waals surface area contributed by atoms with Crippen LogP contribution in [0.3, 0.4) is 0 Å². The van der Waals surface area contributed by atoms with Gasteiger partial charge in [0.1, 0.15) is 6.54 Å². The Hall–Kier alpha value is -3.23. The van der Waals surface area contributed by atoms with E-state index in [1.165, 1.54) is 6.33 Å². The van der Waals surface area contributed by atoms with Crippen molar-refractivity contribution in [2.24, 2.45) is 0 Å². The van der Waals surface area contributed by atoms with Crippen LogP contribution in [0.25, 0.3) is 10.9 Å². The molecule has 0 spiro atoms. The van der Waals surface area contributed by atoms with E-state index in [4.69, 9.17) is 4.74 Å². The van der Waals surface area contributed by atoms with Crippen LogP contribution in [-0.4, -0.2) is 40.1 Å². The van der Waals surface area contributed by atoms with Gasteiger partial charge in [-0.15, -0.1) is 0 Å². The van der Waals surface area contributed by atoms with E-state index in [1.54, 1.807) is 24.3 Å². The molecule has 1 saturated carbocycles. The van der Waals surface area contributed by atoms with Gasteiger partial charge in [-0.05, 0) is 25.0 Å².